The van der Waals surface area contributed by atoms with Gasteiger partial charge in [0.05, 0.1) is 18.8 Å². The second-order valence-corrected chi connectivity index (χ2v) is 5.25. The molecule has 1 heterocycles. The van der Waals surface area contributed by atoms with E-state index in [9.17, 15) is 13.6 Å². The van der Waals surface area contributed by atoms with Crippen molar-refractivity contribution in [2.45, 2.75) is 13.1 Å². The van der Waals surface area contributed by atoms with Gasteiger partial charge in [0.25, 0.3) is 5.91 Å². The molecule has 0 aliphatic rings. The van der Waals surface area contributed by atoms with E-state index in [1.807, 2.05) is 6.92 Å². The predicted octanol–water partition coefficient (Wildman–Crippen LogP) is 3.06. The molecule has 3 N–H and O–H groups in total. The number of aliphatic hydroxyl groups excluding tert-OH is 1. The number of aromatic nitrogens is 1. The fourth-order valence-electron chi connectivity index (χ4n) is 2.08. The van der Waals surface area contributed by atoms with Gasteiger partial charge < -0.3 is 15.7 Å². The summed E-state index contributed by atoms with van der Waals surface area (Å²) >= 11 is 0. The molecule has 5 nitrogen and oxygen atoms in total. The number of pyridine rings is 1. The largest absolute Gasteiger partial charge is 0.393 e. The first-order valence-electron chi connectivity index (χ1n) is 7.72. The molecule has 1 aromatic carbocycles. The first-order chi connectivity index (χ1) is 12.0. The molecule has 0 fully saturated rings. The van der Waals surface area contributed by atoms with Gasteiger partial charge in [0.15, 0.2) is 0 Å². The molecule has 1 atom stereocenters. The first kappa shape index (κ1) is 18.5. The van der Waals surface area contributed by atoms with Crippen LogP contribution in [-0.4, -0.2) is 35.3 Å². The van der Waals surface area contributed by atoms with Crippen molar-refractivity contribution in [2.75, 3.05) is 18.5 Å². The summed E-state index contributed by atoms with van der Waals surface area (Å²) in [7, 11) is 0. The van der Waals surface area contributed by atoms with E-state index in [4.69, 9.17) is 5.11 Å². The van der Waals surface area contributed by atoms with Crippen LogP contribution in [0.15, 0.2) is 42.6 Å². The van der Waals surface area contributed by atoms with Crippen molar-refractivity contribution in [1.29, 1.82) is 0 Å². The highest BCUT2D eigenvalue weighted by atomic mass is 19.1. The van der Waals surface area contributed by atoms with Crippen LogP contribution >= 0.6 is 0 Å². The number of nitrogens with zero attached hydrogens (tertiary/aromatic N) is 1. The molecule has 0 aliphatic heterocycles. The quantitative estimate of drug-likeness (QED) is 0.720. The number of aliphatic hydroxyl groups is 1. The maximum absolute atomic E-state index is 13.9. The van der Waals surface area contributed by atoms with Crippen LogP contribution in [0, 0.1) is 5.82 Å². The highest BCUT2D eigenvalue weighted by Crippen LogP contribution is 2.24. The summed E-state index contributed by atoms with van der Waals surface area (Å²) in [6.07, 6.45) is 3.48. The third-order valence-electron chi connectivity index (χ3n) is 3.34. The lowest BCUT2D eigenvalue weighted by molar-refractivity contribution is 0.0923. The Hall–Kier alpha value is -2.80. The molecular formula is C18H19F2N3O2. The number of anilines is 2. The lowest BCUT2D eigenvalue weighted by Crippen LogP contribution is -2.32. The van der Waals surface area contributed by atoms with Gasteiger partial charge in [0.2, 0.25) is 0 Å². The van der Waals surface area contributed by atoms with Gasteiger partial charge in [-0.25, -0.2) is 8.78 Å². The van der Waals surface area contributed by atoms with E-state index in [-0.39, 0.29) is 17.9 Å². The minimum absolute atomic E-state index is 0.0530. The number of hydrogen-bond acceptors (Lipinski definition) is 4. The number of carbonyl (C=O) groups is 1. The highest BCUT2D eigenvalue weighted by Gasteiger charge is 2.13. The molecule has 1 amide bonds. The Morgan fingerprint density at radius 1 is 1.36 bits per heavy atom. The standard InChI is InChI=1S/C18H19F2N3O2/c1-2-5-12-9-21-17(18(25)22-10-13(19)11-24)8-16(12)23-15-7-4-3-6-14(15)20/h2-9,13,24H,10-11H2,1H3,(H,21,23)(H,22,25)/b5-2+/t13-/m1/s1. The van der Waals surface area contributed by atoms with E-state index >= 15 is 0 Å². The maximum Gasteiger partial charge on any atom is 0.270 e. The number of para-hydroxylation sites is 1. The summed E-state index contributed by atoms with van der Waals surface area (Å²) in [4.78, 5) is 16.1. The number of rotatable bonds is 7. The van der Waals surface area contributed by atoms with Gasteiger partial charge in [-0.15, -0.1) is 0 Å². The molecule has 1 aromatic heterocycles. The lowest BCUT2D eigenvalue weighted by Gasteiger charge is -2.12. The molecule has 132 valence electrons. The lowest BCUT2D eigenvalue weighted by atomic mass is 10.1. The molecule has 25 heavy (non-hydrogen) atoms. The Labute approximate surface area is 144 Å². The van der Waals surface area contributed by atoms with Gasteiger partial charge in [-0.3, -0.25) is 9.78 Å². The van der Waals surface area contributed by atoms with Gasteiger partial charge >= 0.3 is 0 Å². The summed E-state index contributed by atoms with van der Waals surface area (Å²) in [5, 5.41) is 13.9. The molecule has 0 saturated heterocycles. The fourth-order valence-corrected chi connectivity index (χ4v) is 2.08. The third kappa shape index (κ3) is 5.09. The fraction of sp³-hybridized carbons (Fsp3) is 0.222. The topological polar surface area (TPSA) is 74.2 Å². The zero-order valence-corrected chi connectivity index (χ0v) is 13.7. The Morgan fingerprint density at radius 3 is 2.80 bits per heavy atom. The zero-order valence-electron chi connectivity index (χ0n) is 13.7. The van der Waals surface area contributed by atoms with Gasteiger partial charge in [-0.05, 0) is 25.1 Å². The number of carbonyl (C=O) groups excluding carboxylic acids is 1. The van der Waals surface area contributed by atoms with E-state index in [2.05, 4.69) is 15.6 Å². The van der Waals surface area contributed by atoms with Crippen molar-refractivity contribution in [3.8, 4) is 0 Å². The Kier molecular flexibility index (Phi) is 6.59. The van der Waals surface area contributed by atoms with Crippen LogP contribution < -0.4 is 10.6 Å². The Morgan fingerprint density at radius 2 is 2.12 bits per heavy atom. The molecule has 0 aliphatic carbocycles. The Balaban J connectivity index is 2.27. The van der Waals surface area contributed by atoms with Crippen molar-refractivity contribution in [3.05, 3.63) is 59.7 Å². The zero-order chi connectivity index (χ0) is 18.2. The molecule has 0 spiro atoms. The minimum atomic E-state index is -1.54. The van der Waals surface area contributed by atoms with Crippen molar-refractivity contribution in [1.82, 2.24) is 10.3 Å². The van der Waals surface area contributed by atoms with Crippen LogP contribution in [0.1, 0.15) is 23.0 Å². The van der Waals surface area contributed by atoms with Crippen LogP contribution in [0.2, 0.25) is 0 Å². The smallest absolute Gasteiger partial charge is 0.270 e. The number of benzene rings is 1. The molecule has 0 saturated carbocycles. The summed E-state index contributed by atoms with van der Waals surface area (Å²) in [6.45, 7) is 0.835. The summed E-state index contributed by atoms with van der Waals surface area (Å²) in [5.41, 5.74) is 1.47. The van der Waals surface area contributed by atoms with E-state index in [1.165, 1.54) is 18.3 Å². The first-order valence-corrected chi connectivity index (χ1v) is 7.72. The number of halogens is 2. The third-order valence-corrected chi connectivity index (χ3v) is 3.34. The molecule has 0 unspecified atom stereocenters. The second kappa shape index (κ2) is 8.89. The molecule has 0 bridgehead atoms. The molecular weight excluding hydrogens is 328 g/mol. The van der Waals surface area contributed by atoms with Gasteiger partial charge in [0, 0.05) is 17.4 Å². The predicted molar refractivity (Wildman–Crippen MR) is 92.9 cm³/mol. The SMILES string of the molecule is C/C=C/c1cnc(C(=O)NC[C@@H](F)CO)cc1Nc1ccccc1F. The van der Waals surface area contributed by atoms with Crippen LogP contribution in [-0.2, 0) is 0 Å². The molecule has 2 aromatic rings. The number of hydrogen-bond donors (Lipinski definition) is 3. The number of amides is 1. The normalized spacial score (nSPS) is 12.2. The summed E-state index contributed by atoms with van der Waals surface area (Å²) in [5.74, 6) is -1.01. The average Bonchev–Trinajstić information content (AvgIpc) is 2.62. The summed E-state index contributed by atoms with van der Waals surface area (Å²) < 4.78 is 26.9. The van der Waals surface area contributed by atoms with Gasteiger partial charge in [-0.2, -0.15) is 0 Å². The van der Waals surface area contributed by atoms with E-state index in [0.29, 0.717) is 11.3 Å². The van der Waals surface area contributed by atoms with Crippen molar-refractivity contribution >= 4 is 23.4 Å². The van der Waals surface area contributed by atoms with Crippen LogP contribution in [0.5, 0.6) is 0 Å². The number of alkyl halides is 1. The van der Waals surface area contributed by atoms with Crippen LogP contribution in [0.25, 0.3) is 6.08 Å². The van der Waals surface area contributed by atoms with Crippen molar-refractivity contribution in [3.63, 3.8) is 0 Å². The monoisotopic (exact) mass is 347 g/mol. The van der Waals surface area contributed by atoms with Crippen molar-refractivity contribution in [2.24, 2.45) is 0 Å². The van der Waals surface area contributed by atoms with Crippen molar-refractivity contribution < 1.29 is 18.7 Å². The molecule has 0 radical (unpaired) electrons. The molecule has 2 rings (SSSR count). The minimum Gasteiger partial charge on any atom is -0.393 e. The number of nitrogens with one attached hydrogen (secondary N) is 2. The number of allylic oxidation sites excluding steroid dienone is 1. The van der Waals surface area contributed by atoms with Gasteiger partial charge in [0.1, 0.15) is 17.7 Å². The maximum atomic E-state index is 13.9. The van der Waals surface area contributed by atoms with E-state index in [1.54, 1.807) is 30.4 Å². The highest BCUT2D eigenvalue weighted by molar-refractivity contribution is 5.94. The van der Waals surface area contributed by atoms with Crippen LogP contribution in [0.4, 0.5) is 20.2 Å². The van der Waals surface area contributed by atoms with Crippen LogP contribution in [0.3, 0.4) is 0 Å². The van der Waals surface area contributed by atoms with Gasteiger partial charge in [-0.1, -0.05) is 24.3 Å². The van der Waals surface area contributed by atoms with E-state index in [0.717, 1.165) is 0 Å². The Bertz CT molecular complexity index is 766. The van der Waals surface area contributed by atoms with E-state index < -0.39 is 24.5 Å². The molecule has 7 heteroatoms. The average molecular weight is 347 g/mol. The second-order valence-electron chi connectivity index (χ2n) is 5.25. The summed E-state index contributed by atoms with van der Waals surface area (Å²) in [6, 6.07) is 7.62.